The van der Waals surface area contributed by atoms with Crippen LogP contribution in [0.15, 0.2) is 24.3 Å². The zero-order valence-corrected chi connectivity index (χ0v) is 7.81. The van der Waals surface area contributed by atoms with Crippen molar-refractivity contribution in [1.29, 1.82) is 0 Å². The highest BCUT2D eigenvalue weighted by molar-refractivity contribution is 7.80. The van der Waals surface area contributed by atoms with Crippen molar-refractivity contribution in [2.75, 3.05) is 5.75 Å². The van der Waals surface area contributed by atoms with Gasteiger partial charge in [0.1, 0.15) is 5.82 Å². The Hall–Kier alpha value is -0.760. The Morgan fingerprint density at radius 3 is 2.83 bits per heavy atom. The van der Waals surface area contributed by atoms with E-state index in [-0.39, 0.29) is 5.82 Å². The molecule has 12 heavy (non-hydrogen) atoms. The van der Waals surface area contributed by atoms with E-state index in [1.807, 2.05) is 19.1 Å². The number of hydrogen-bond acceptors (Lipinski definition) is 1. The maximum Gasteiger partial charge on any atom is 0.130 e. The monoisotopic (exact) mass is 182 g/mol. The number of rotatable bonds is 2. The van der Waals surface area contributed by atoms with Crippen molar-refractivity contribution in [3.05, 3.63) is 41.2 Å². The molecule has 1 aromatic carbocycles. The van der Waals surface area contributed by atoms with Crippen molar-refractivity contribution in [2.45, 2.75) is 6.92 Å². The van der Waals surface area contributed by atoms with E-state index < -0.39 is 0 Å². The third kappa shape index (κ3) is 2.38. The Kier molecular flexibility index (Phi) is 3.35. The van der Waals surface area contributed by atoms with Gasteiger partial charge < -0.3 is 0 Å². The van der Waals surface area contributed by atoms with Gasteiger partial charge in [-0.05, 0) is 18.6 Å². The van der Waals surface area contributed by atoms with Gasteiger partial charge in [-0.1, -0.05) is 24.3 Å². The van der Waals surface area contributed by atoms with Crippen LogP contribution in [0, 0.1) is 12.7 Å². The molecule has 0 aromatic heterocycles. The number of aryl methyl sites for hydroxylation is 1. The third-order valence-corrected chi connectivity index (χ3v) is 1.77. The lowest BCUT2D eigenvalue weighted by molar-refractivity contribution is 0.624. The molecule has 0 nitrogen and oxygen atoms in total. The summed E-state index contributed by atoms with van der Waals surface area (Å²) in [5, 5.41) is 0. The van der Waals surface area contributed by atoms with Crippen molar-refractivity contribution in [3.63, 3.8) is 0 Å². The molecule has 2 heteroatoms. The molecule has 0 bridgehead atoms. The van der Waals surface area contributed by atoms with Crippen LogP contribution in [0.25, 0.3) is 6.08 Å². The van der Waals surface area contributed by atoms with E-state index in [4.69, 9.17) is 0 Å². The van der Waals surface area contributed by atoms with Crippen molar-refractivity contribution in [3.8, 4) is 0 Å². The van der Waals surface area contributed by atoms with Gasteiger partial charge >= 0.3 is 0 Å². The highest BCUT2D eigenvalue weighted by Gasteiger charge is 1.96. The summed E-state index contributed by atoms with van der Waals surface area (Å²) in [6.07, 6.45) is 3.55. The van der Waals surface area contributed by atoms with Gasteiger partial charge in [0.05, 0.1) is 0 Å². The summed E-state index contributed by atoms with van der Waals surface area (Å²) in [5.41, 5.74) is 1.56. The second-order valence-electron chi connectivity index (χ2n) is 2.61. The summed E-state index contributed by atoms with van der Waals surface area (Å²) >= 11 is 4.00. The third-order valence-electron chi connectivity index (χ3n) is 1.56. The average molecular weight is 182 g/mol. The van der Waals surface area contributed by atoms with Crippen LogP contribution in [0.3, 0.4) is 0 Å². The van der Waals surface area contributed by atoms with Crippen LogP contribution in [0.4, 0.5) is 4.39 Å². The maximum absolute atomic E-state index is 13.1. The van der Waals surface area contributed by atoms with E-state index in [2.05, 4.69) is 12.6 Å². The van der Waals surface area contributed by atoms with Crippen LogP contribution < -0.4 is 0 Å². The van der Waals surface area contributed by atoms with Crippen molar-refractivity contribution in [2.24, 2.45) is 0 Å². The molecule has 0 amide bonds. The molecule has 0 atom stereocenters. The van der Waals surface area contributed by atoms with E-state index in [0.717, 1.165) is 5.56 Å². The molecule has 0 saturated heterocycles. The smallest absolute Gasteiger partial charge is 0.130 e. The lowest BCUT2D eigenvalue weighted by Crippen LogP contribution is -1.82. The van der Waals surface area contributed by atoms with Gasteiger partial charge in [0, 0.05) is 11.3 Å². The Morgan fingerprint density at radius 1 is 1.50 bits per heavy atom. The fourth-order valence-electron chi connectivity index (χ4n) is 0.947. The van der Waals surface area contributed by atoms with Gasteiger partial charge in [0.25, 0.3) is 0 Å². The van der Waals surface area contributed by atoms with E-state index >= 15 is 0 Å². The number of hydrogen-bond donors (Lipinski definition) is 1. The summed E-state index contributed by atoms with van der Waals surface area (Å²) < 4.78 is 13.1. The normalized spacial score (nSPS) is 10.9. The van der Waals surface area contributed by atoms with Gasteiger partial charge in [-0.15, -0.1) is 0 Å². The van der Waals surface area contributed by atoms with Crippen molar-refractivity contribution in [1.82, 2.24) is 0 Å². The summed E-state index contributed by atoms with van der Waals surface area (Å²) in [7, 11) is 0. The van der Waals surface area contributed by atoms with Crippen molar-refractivity contribution >= 4 is 18.7 Å². The van der Waals surface area contributed by atoms with E-state index in [1.54, 1.807) is 12.1 Å². The van der Waals surface area contributed by atoms with Crippen LogP contribution in [0.2, 0.25) is 0 Å². The minimum Gasteiger partial charge on any atom is -0.206 e. The molecule has 0 aliphatic carbocycles. The highest BCUT2D eigenvalue weighted by Crippen LogP contribution is 2.11. The second-order valence-corrected chi connectivity index (χ2v) is 2.98. The zero-order chi connectivity index (χ0) is 8.97. The molecule has 0 aliphatic rings. The lowest BCUT2D eigenvalue weighted by atomic mass is 10.1. The molecule has 0 fully saturated rings. The zero-order valence-electron chi connectivity index (χ0n) is 6.92. The van der Waals surface area contributed by atoms with Crippen LogP contribution in [0.5, 0.6) is 0 Å². The van der Waals surface area contributed by atoms with E-state index in [0.29, 0.717) is 11.3 Å². The minimum absolute atomic E-state index is 0.173. The quantitative estimate of drug-likeness (QED) is 0.668. The first-order valence-electron chi connectivity index (χ1n) is 3.77. The SMILES string of the molecule is Cc1ccc(C=CCS)c(F)c1. The largest absolute Gasteiger partial charge is 0.206 e. The lowest BCUT2D eigenvalue weighted by Gasteiger charge is -1.97. The molecular weight excluding hydrogens is 171 g/mol. The summed E-state index contributed by atoms with van der Waals surface area (Å²) in [6, 6.07) is 5.18. The van der Waals surface area contributed by atoms with Crippen LogP contribution >= 0.6 is 12.6 Å². The molecule has 0 radical (unpaired) electrons. The minimum atomic E-state index is -0.173. The summed E-state index contributed by atoms with van der Waals surface area (Å²) in [5.74, 6) is 0.459. The fraction of sp³-hybridized carbons (Fsp3) is 0.200. The predicted molar refractivity (Wildman–Crippen MR) is 54.0 cm³/mol. The van der Waals surface area contributed by atoms with Gasteiger partial charge in [-0.25, -0.2) is 4.39 Å². The Morgan fingerprint density at radius 2 is 2.25 bits per heavy atom. The first-order valence-corrected chi connectivity index (χ1v) is 4.41. The molecule has 0 aliphatic heterocycles. The molecule has 0 N–H and O–H groups in total. The van der Waals surface area contributed by atoms with Crippen molar-refractivity contribution < 1.29 is 4.39 Å². The second kappa shape index (κ2) is 4.31. The molecule has 1 aromatic rings. The highest BCUT2D eigenvalue weighted by atomic mass is 32.1. The first kappa shape index (κ1) is 9.33. The summed E-state index contributed by atoms with van der Waals surface area (Å²) in [4.78, 5) is 0. The summed E-state index contributed by atoms with van der Waals surface area (Å²) in [6.45, 7) is 1.87. The molecule has 0 saturated carbocycles. The molecule has 0 unspecified atom stereocenters. The number of thiol groups is 1. The predicted octanol–water partition coefficient (Wildman–Crippen LogP) is 3.08. The first-order chi connectivity index (χ1) is 5.74. The Labute approximate surface area is 77.5 Å². The Balaban J connectivity index is 2.94. The number of benzene rings is 1. The fourth-order valence-corrected chi connectivity index (χ4v) is 1.05. The molecule has 64 valence electrons. The number of halogens is 1. The molecule has 0 heterocycles. The average Bonchev–Trinajstić information content (AvgIpc) is 2.03. The standard InChI is InChI=1S/C10H11FS/c1-8-4-5-9(3-2-6-12)10(11)7-8/h2-5,7,12H,6H2,1H3. The van der Waals surface area contributed by atoms with Gasteiger partial charge in [-0.3, -0.25) is 0 Å². The maximum atomic E-state index is 13.1. The Bertz CT molecular complexity index is 292. The van der Waals surface area contributed by atoms with Gasteiger partial charge in [0.2, 0.25) is 0 Å². The van der Waals surface area contributed by atoms with E-state index in [1.165, 1.54) is 6.07 Å². The van der Waals surface area contributed by atoms with E-state index in [9.17, 15) is 4.39 Å². The topological polar surface area (TPSA) is 0 Å². The van der Waals surface area contributed by atoms with Crippen LogP contribution in [-0.4, -0.2) is 5.75 Å². The van der Waals surface area contributed by atoms with Crippen LogP contribution in [-0.2, 0) is 0 Å². The van der Waals surface area contributed by atoms with Crippen LogP contribution in [0.1, 0.15) is 11.1 Å². The van der Waals surface area contributed by atoms with Gasteiger partial charge in [-0.2, -0.15) is 12.6 Å². The molecule has 0 spiro atoms. The molecule has 1 rings (SSSR count). The van der Waals surface area contributed by atoms with Gasteiger partial charge in [0.15, 0.2) is 0 Å². The molecular formula is C10H11FS.